The molecule has 0 bridgehead atoms. The van der Waals surface area contributed by atoms with Crippen LogP contribution in [0.25, 0.3) is 0 Å². The van der Waals surface area contributed by atoms with Crippen molar-refractivity contribution in [1.82, 2.24) is 25.1 Å². The van der Waals surface area contributed by atoms with Crippen molar-refractivity contribution in [2.24, 2.45) is 7.05 Å². The average molecular weight is 260 g/mol. The Morgan fingerprint density at radius 1 is 1.42 bits per heavy atom. The molecule has 0 aliphatic rings. The molecule has 0 radical (unpaired) electrons. The topological polar surface area (TPSA) is 84.7 Å². The number of hydrogen-bond acceptors (Lipinski definition) is 4. The van der Waals surface area contributed by atoms with Crippen LogP contribution < -0.4 is 10.6 Å². The number of urea groups is 1. The van der Waals surface area contributed by atoms with Crippen molar-refractivity contribution < 1.29 is 4.79 Å². The summed E-state index contributed by atoms with van der Waals surface area (Å²) in [6, 6.07) is 5.19. The summed E-state index contributed by atoms with van der Waals surface area (Å²) in [5.74, 6) is 1.12. The molecule has 0 aliphatic carbocycles. The van der Waals surface area contributed by atoms with Gasteiger partial charge in [0.15, 0.2) is 0 Å². The highest BCUT2D eigenvalue weighted by Crippen LogP contribution is 2.02. The molecule has 0 fully saturated rings. The van der Waals surface area contributed by atoms with Gasteiger partial charge in [-0.1, -0.05) is 13.0 Å². The first-order valence-corrected chi connectivity index (χ1v) is 6.03. The van der Waals surface area contributed by atoms with Crippen molar-refractivity contribution in [3.8, 4) is 0 Å². The van der Waals surface area contributed by atoms with Crippen LogP contribution in [0, 0.1) is 0 Å². The fraction of sp³-hybridized carbons (Fsp3) is 0.333. The maximum absolute atomic E-state index is 11.7. The number of carbonyl (C=O) groups excluding carboxylic acids is 1. The lowest BCUT2D eigenvalue weighted by Gasteiger charge is -2.03. The van der Waals surface area contributed by atoms with Gasteiger partial charge in [0.2, 0.25) is 5.95 Å². The highest BCUT2D eigenvalue weighted by atomic mass is 16.2. The second-order valence-electron chi connectivity index (χ2n) is 3.96. The van der Waals surface area contributed by atoms with Crippen LogP contribution in [0.5, 0.6) is 0 Å². The number of aryl methyl sites for hydroxylation is 2. The lowest BCUT2D eigenvalue weighted by molar-refractivity contribution is 0.251. The minimum Gasteiger partial charge on any atom is -0.332 e. The molecule has 2 aromatic rings. The van der Waals surface area contributed by atoms with E-state index in [4.69, 9.17) is 0 Å². The maximum atomic E-state index is 11.7. The quantitative estimate of drug-likeness (QED) is 0.862. The summed E-state index contributed by atoms with van der Waals surface area (Å²) in [4.78, 5) is 20.0. The van der Waals surface area contributed by atoms with Crippen LogP contribution in [0.3, 0.4) is 0 Å². The molecule has 2 rings (SSSR count). The van der Waals surface area contributed by atoms with Crippen LogP contribution in [-0.2, 0) is 20.0 Å². The van der Waals surface area contributed by atoms with Gasteiger partial charge in [-0.3, -0.25) is 15.0 Å². The molecular weight excluding hydrogens is 244 g/mol. The van der Waals surface area contributed by atoms with E-state index in [1.165, 1.54) is 0 Å². The molecule has 0 spiro atoms. The molecule has 7 heteroatoms. The van der Waals surface area contributed by atoms with Crippen molar-refractivity contribution in [2.75, 3.05) is 5.32 Å². The molecule has 2 N–H and O–H groups in total. The van der Waals surface area contributed by atoms with Gasteiger partial charge in [0.25, 0.3) is 0 Å². The second kappa shape index (κ2) is 5.94. The van der Waals surface area contributed by atoms with Crippen LogP contribution in [-0.4, -0.2) is 25.8 Å². The SMILES string of the molecule is CCc1nc(NC(=O)NCc2ccccn2)nn1C. The summed E-state index contributed by atoms with van der Waals surface area (Å²) in [6.07, 6.45) is 2.45. The predicted octanol–water partition coefficient (Wildman–Crippen LogP) is 1.09. The van der Waals surface area contributed by atoms with Crippen LogP contribution in [0.1, 0.15) is 18.4 Å². The molecule has 2 amide bonds. The van der Waals surface area contributed by atoms with E-state index in [0.717, 1.165) is 17.9 Å². The van der Waals surface area contributed by atoms with E-state index in [1.54, 1.807) is 17.9 Å². The van der Waals surface area contributed by atoms with E-state index >= 15 is 0 Å². The number of amides is 2. The number of carbonyl (C=O) groups is 1. The summed E-state index contributed by atoms with van der Waals surface area (Å²) in [5.41, 5.74) is 0.792. The van der Waals surface area contributed by atoms with Crippen LogP contribution >= 0.6 is 0 Å². The van der Waals surface area contributed by atoms with Gasteiger partial charge < -0.3 is 5.32 Å². The largest absolute Gasteiger partial charge is 0.332 e. The third-order valence-corrected chi connectivity index (χ3v) is 2.55. The molecule has 19 heavy (non-hydrogen) atoms. The van der Waals surface area contributed by atoms with E-state index in [0.29, 0.717) is 12.5 Å². The first-order valence-electron chi connectivity index (χ1n) is 6.03. The summed E-state index contributed by atoms with van der Waals surface area (Å²) in [6.45, 7) is 2.34. The molecule has 2 aromatic heterocycles. The van der Waals surface area contributed by atoms with Gasteiger partial charge in [0.1, 0.15) is 5.82 Å². The summed E-state index contributed by atoms with van der Waals surface area (Å²) in [7, 11) is 1.79. The minimum absolute atomic E-state index is 0.304. The number of nitrogens with one attached hydrogen (secondary N) is 2. The van der Waals surface area contributed by atoms with E-state index in [2.05, 4.69) is 25.7 Å². The fourth-order valence-corrected chi connectivity index (χ4v) is 1.60. The Morgan fingerprint density at radius 2 is 2.26 bits per heavy atom. The standard InChI is InChI=1S/C12H16N6O/c1-3-10-15-11(17-18(10)2)16-12(19)14-8-9-6-4-5-7-13-9/h4-7H,3,8H2,1-2H3,(H2,14,16,17,19). The average Bonchev–Trinajstić information content (AvgIpc) is 2.77. The number of anilines is 1. The Labute approximate surface area is 111 Å². The van der Waals surface area contributed by atoms with E-state index < -0.39 is 0 Å². The Bertz CT molecular complexity index is 551. The summed E-state index contributed by atoms with van der Waals surface area (Å²) < 4.78 is 1.65. The van der Waals surface area contributed by atoms with Gasteiger partial charge in [-0.2, -0.15) is 4.98 Å². The molecule has 0 aliphatic heterocycles. The maximum Gasteiger partial charge on any atom is 0.321 e. The molecule has 100 valence electrons. The van der Waals surface area contributed by atoms with Gasteiger partial charge in [-0.05, 0) is 12.1 Å². The minimum atomic E-state index is -0.348. The lowest BCUT2D eigenvalue weighted by Crippen LogP contribution is -2.29. The Morgan fingerprint density at radius 3 is 2.89 bits per heavy atom. The Hall–Kier alpha value is -2.44. The zero-order valence-corrected chi connectivity index (χ0v) is 10.9. The van der Waals surface area contributed by atoms with Crippen LogP contribution in [0.2, 0.25) is 0 Å². The highest BCUT2D eigenvalue weighted by molar-refractivity contribution is 5.87. The fourth-order valence-electron chi connectivity index (χ4n) is 1.60. The van der Waals surface area contributed by atoms with Crippen molar-refractivity contribution >= 4 is 12.0 Å². The normalized spacial score (nSPS) is 10.2. The van der Waals surface area contributed by atoms with Crippen LogP contribution in [0.4, 0.5) is 10.7 Å². The predicted molar refractivity (Wildman–Crippen MR) is 70.5 cm³/mol. The van der Waals surface area contributed by atoms with E-state index in [-0.39, 0.29) is 6.03 Å². The number of hydrogen-bond donors (Lipinski definition) is 2. The Balaban J connectivity index is 1.87. The molecule has 0 unspecified atom stereocenters. The van der Waals surface area contributed by atoms with Gasteiger partial charge in [0, 0.05) is 19.7 Å². The highest BCUT2D eigenvalue weighted by Gasteiger charge is 2.08. The van der Waals surface area contributed by atoms with Crippen LogP contribution in [0.15, 0.2) is 24.4 Å². The smallest absolute Gasteiger partial charge is 0.321 e. The number of nitrogens with zero attached hydrogens (tertiary/aromatic N) is 4. The molecule has 7 nitrogen and oxygen atoms in total. The number of pyridine rings is 1. The van der Waals surface area contributed by atoms with Crippen molar-refractivity contribution in [2.45, 2.75) is 19.9 Å². The van der Waals surface area contributed by atoms with Crippen molar-refractivity contribution in [1.29, 1.82) is 0 Å². The number of aromatic nitrogens is 4. The molecular formula is C12H16N6O. The molecule has 0 atom stereocenters. The van der Waals surface area contributed by atoms with E-state index in [1.807, 2.05) is 25.1 Å². The van der Waals surface area contributed by atoms with Gasteiger partial charge in [-0.15, -0.1) is 5.10 Å². The van der Waals surface area contributed by atoms with Crippen molar-refractivity contribution in [3.05, 3.63) is 35.9 Å². The molecule has 0 saturated heterocycles. The van der Waals surface area contributed by atoms with Gasteiger partial charge >= 0.3 is 6.03 Å². The van der Waals surface area contributed by atoms with Crippen molar-refractivity contribution in [3.63, 3.8) is 0 Å². The summed E-state index contributed by atoms with van der Waals surface area (Å²) >= 11 is 0. The second-order valence-corrected chi connectivity index (χ2v) is 3.96. The lowest BCUT2D eigenvalue weighted by atomic mass is 10.3. The monoisotopic (exact) mass is 260 g/mol. The third kappa shape index (κ3) is 3.51. The number of rotatable bonds is 4. The zero-order chi connectivity index (χ0) is 13.7. The third-order valence-electron chi connectivity index (χ3n) is 2.55. The van der Waals surface area contributed by atoms with Gasteiger partial charge in [0.05, 0.1) is 12.2 Å². The van der Waals surface area contributed by atoms with Gasteiger partial charge in [-0.25, -0.2) is 4.79 Å². The van der Waals surface area contributed by atoms with E-state index in [9.17, 15) is 4.79 Å². The summed E-state index contributed by atoms with van der Waals surface area (Å²) in [5, 5.41) is 9.37. The molecule has 0 aromatic carbocycles. The Kier molecular flexibility index (Phi) is 4.07. The first-order chi connectivity index (χ1) is 9.19. The zero-order valence-electron chi connectivity index (χ0n) is 10.9. The molecule has 0 saturated carbocycles. The first kappa shape index (κ1) is 13.0. The molecule has 2 heterocycles.